The molecule has 0 bridgehead atoms. The fourth-order valence-electron chi connectivity index (χ4n) is 4.20. The quantitative estimate of drug-likeness (QED) is 0.126. The lowest BCUT2D eigenvalue weighted by molar-refractivity contribution is -0.870. The van der Waals surface area contributed by atoms with Gasteiger partial charge in [0.05, 0.1) is 70.8 Å². The summed E-state index contributed by atoms with van der Waals surface area (Å²) in [6.07, 6.45) is 2.96. The van der Waals surface area contributed by atoms with Crippen LogP contribution in [0, 0.1) is 30.6 Å². The fourth-order valence-corrected chi connectivity index (χ4v) is 4.20. The third-order valence-corrected chi connectivity index (χ3v) is 6.53. The van der Waals surface area contributed by atoms with E-state index in [9.17, 15) is 0 Å². The molecule has 2 aromatic carbocycles. The number of ether oxygens (including phenoxy) is 6. The van der Waals surface area contributed by atoms with Crippen LogP contribution in [0.15, 0.2) is 24.3 Å². The predicted molar refractivity (Wildman–Crippen MR) is 177 cm³/mol. The van der Waals surface area contributed by atoms with E-state index in [-0.39, 0.29) is 0 Å². The Morgan fingerprint density at radius 1 is 0.614 bits per heavy atom. The number of hydrogen-bond donors (Lipinski definition) is 0. The molecule has 0 amide bonds. The Labute approximate surface area is 266 Å². The van der Waals surface area contributed by atoms with E-state index in [4.69, 9.17) is 28.4 Å². The Morgan fingerprint density at radius 2 is 1.09 bits per heavy atom. The van der Waals surface area contributed by atoms with Gasteiger partial charge in [-0.2, -0.15) is 0 Å². The van der Waals surface area contributed by atoms with Crippen LogP contribution in [0.4, 0.5) is 0 Å². The van der Waals surface area contributed by atoms with Gasteiger partial charge < -0.3 is 37.8 Å². The number of aryl methyl sites for hydroxylation is 1. The lowest BCUT2D eigenvalue weighted by atomic mass is 10.1. The molecule has 0 saturated carbocycles. The zero-order valence-corrected chi connectivity index (χ0v) is 28.4. The van der Waals surface area contributed by atoms with E-state index in [1.807, 2.05) is 31.2 Å². The maximum absolute atomic E-state index is 6.28. The monoisotopic (exact) mass is 609 g/mol. The summed E-state index contributed by atoms with van der Waals surface area (Å²) >= 11 is 0. The summed E-state index contributed by atoms with van der Waals surface area (Å²) in [6, 6.07) is 7.77. The van der Waals surface area contributed by atoms with Crippen LogP contribution in [0.1, 0.15) is 48.4 Å². The SMILES string of the molecule is CC#Cc1cc(OCCOC)c(C#Cc2cc(OCCC[N+](C)(C)C)c(C)cc2OCCCCN(C)C)cc1OCCOC. The van der Waals surface area contributed by atoms with Crippen molar-refractivity contribution < 1.29 is 32.9 Å². The largest absolute Gasteiger partial charge is 0.493 e. The van der Waals surface area contributed by atoms with Crippen molar-refractivity contribution >= 4 is 0 Å². The second-order valence-corrected chi connectivity index (χ2v) is 11.8. The molecule has 2 aromatic rings. The van der Waals surface area contributed by atoms with Crippen LogP contribution >= 0.6 is 0 Å². The van der Waals surface area contributed by atoms with E-state index in [1.165, 1.54) is 0 Å². The molecule has 0 aromatic heterocycles. The number of rotatable bonds is 19. The van der Waals surface area contributed by atoms with Crippen molar-refractivity contribution in [3.8, 4) is 46.7 Å². The van der Waals surface area contributed by atoms with Gasteiger partial charge in [0.15, 0.2) is 0 Å². The average Bonchev–Trinajstić information content (AvgIpc) is 2.96. The number of unbranched alkanes of at least 4 members (excludes halogenated alkanes) is 1. The molecule has 0 fully saturated rings. The molecule has 242 valence electrons. The minimum atomic E-state index is 0.380. The fraction of sp³-hybridized carbons (Fsp3) is 0.556. The summed E-state index contributed by atoms with van der Waals surface area (Å²) in [4.78, 5) is 2.18. The highest BCUT2D eigenvalue weighted by atomic mass is 16.5. The van der Waals surface area contributed by atoms with Crippen LogP contribution in [0.3, 0.4) is 0 Å². The van der Waals surface area contributed by atoms with E-state index in [0.29, 0.717) is 56.7 Å². The van der Waals surface area contributed by atoms with Gasteiger partial charge in [0.1, 0.15) is 36.2 Å². The Morgan fingerprint density at radius 3 is 1.61 bits per heavy atom. The number of hydrogen-bond acceptors (Lipinski definition) is 7. The van der Waals surface area contributed by atoms with Crippen LogP contribution in [0.5, 0.6) is 23.0 Å². The molecular formula is C36H53N2O6+. The minimum absolute atomic E-state index is 0.380. The molecule has 0 saturated heterocycles. The predicted octanol–water partition coefficient (Wildman–Crippen LogP) is 5.01. The second-order valence-electron chi connectivity index (χ2n) is 11.8. The van der Waals surface area contributed by atoms with E-state index < -0.39 is 0 Å². The zero-order chi connectivity index (χ0) is 32.4. The first-order valence-electron chi connectivity index (χ1n) is 15.3. The van der Waals surface area contributed by atoms with Gasteiger partial charge in [-0.3, -0.25) is 0 Å². The number of methoxy groups -OCH3 is 2. The zero-order valence-electron chi connectivity index (χ0n) is 28.4. The molecule has 0 aliphatic heterocycles. The highest BCUT2D eigenvalue weighted by Gasteiger charge is 2.13. The summed E-state index contributed by atoms with van der Waals surface area (Å²) in [5.74, 6) is 15.5. The Hall–Kier alpha value is -3.40. The van der Waals surface area contributed by atoms with Gasteiger partial charge >= 0.3 is 0 Å². The number of quaternary nitrogens is 1. The lowest BCUT2D eigenvalue weighted by Crippen LogP contribution is -2.35. The van der Waals surface area contributed by atoms with Crippen molar-refractivity contribution in [1.29, 1.82) is 0 Å². The van der Waals surface area contributed by atoms with Gasteiger partial charge in [0.2, 0.25) is 0 Å². The molecule has 8 nitrogen and oxygen atoms in total. The summed E-state index contributed by atoms with van der Waals surface area (Å²) in [6.45, 7) is 8.81. The molecule has 8 heteroatoms. The first-order chi connectivity index (χ1) is 21.1. The standard InChI is InChI=1S/C36H53N2O6/c1-10-14-30-27-36(44-24-22-40-9)32(28-35(30)43-23-21-39-8)16-15-31-26-33(41-20-13-18-38(5,6)7)29(2)25-34(31)42-19-12-11-17-37(3)4/h25-28H,11-13,17-24H2,1-9H3/q+1. The van der Waals surface area contributed by atoms with Gasteiger partial charge in [-0.05, 0) is 65.0 Å². The molecule has 0 spiro atoms. The highest BCUT2D eigenvalue weighted by Crippen LogP contribution is 2.31. The first-order valence-corrected chi connectivity index (χ1v) is 15.3. The summed E-state index contributed by atoms with van der Waals surface area (Å²) in [7, 11) is 14.0. The van der Waals surface area contributed by atoms with Crippen molar-refractivity contribution in [3.63, 3.8) is 0 Å². The second kappa shape index (κ2) is 19.8. The molecule has 0 N–H and O–H groups in total. The number of benzene rings is 2. The van der Waals surface area contributed by atoms with Gasteiger partial charge in [-0.15, -0.1) is 5.92 Å². The van der Waals surface area contributed by atoms with E-state index in [0.717, 1.165) is 65.0 Å². The van der Waals surface area contributed by atoms with E-state index >= 15 is 0 Å². The Balaban J connectivity index is 2.48. The molecule has 0 radical (unpaired) electrons. The lowest BCUT2D eigenvalue weighted by Gasteiger charge is -2.23. The smallest absolute Gasteiger partial charge is 0.136 e. The molecule has 0 unspecified atom stereocenters. The highest BCUT2D eigenvalue weighted by molar-refractivity contribution is 5.61. The normalized spacial score (nSPS) is 11.0. The van der Waals surface area contributed by atoms with Gasteiger partial charge in [-0.1, -0.05) is 17.8 Å². The molecule has 0 aliphatic carbocycles. The molecule has 2 rings (SSSR count). The van der Waals surface area contributed by atoms with E-state index in [2.05, 4.69) is 63.8 Å². The Kier molecular flexibility index (Phi) is 16.5. The van der Waals surface area contributed by atoms with E-state index in [1.54, 1.807) is 21.1 Å². The van der Waals surface area contributed by atoms with Crippen molar-refractivity contribution in [3.05, 3.63) is 46.5 Å². The van der Waals surface area contributed by atoms with Gasteiger partial charge in [0.25, 0.3) is 0 Å². The van der Waals surface area contributed by atoms with Crippen LogP contribution in [-0.4, -0.2) is 112 Å². The summed E-state index contributed by atoms with van der Waals surface area (Å²) in [5, 5.41) is 0. The molecule has 0 aliphatic rings. The minimum Gasteiger partial charge on any atom is -0.493 e. The summed E-state index contributed by atoms with van der Waals surface area (Å²) < 4.78 is 35.9. The molecule has 0 atom stereocenters. The van der Waals surface area contributed by atoms with Crippen LogP contribution < -0.4 is 18.9 Å². The van der Waals surface area contributed by atoms with Crippen LogP contribution in [-0.2, 0) is 9.47 Å². The van der Waals surface area contributed by atoms with Crippen molar-refractivity contribution in [2.24, 2.45) is 0 Å². The third-order valence-electron chi connectivity index (χ3n) is 6.53. The van der Waals surface area contributed by atoms with Crippen molar-refractivity contribution in [2.75, 3.05) is 102 Å². The molecule has 0 heterocycles. The van der Waals surface area contributed by atoms with Crippen molar-refractivity contribution in [2.45, 2.75) is 33.1 Å². The van der Waals surface area contributed by atoms with Crippen molar-refractivity contribution in [1.82, 2.24) is 4.90 Å². The number of nitrogens with zero attached hydrogens (tertiary/aromatic N) is 2. The Bertz CT molecular complexity index is 1280. The third kappa shape index (κ3) is 13.9. The maximum Gasteiger partial charge on any atom is 0.136 e. The van der Waals surface area contributed by atoms with Gasteiger partial charge in [-0.25, -0.2) is 0 Å². The summed E-state index contributed by atoms with van der Waals surface area (Å²) in [5.41, 5.74) is 3.18. The average molecular weight is 610 g/mol. The topological polar surface area (TPSA) is 58.6 Å². The van der Waals surface area contributed by atoms with Crippen LogP contribution in [0.25, 0.3) is 0 Å². The maximum atomic E-state index is 6.28. The first kappa shape index (κ1) is 36.8. The van der Waals surface area contributed by atoms with Crippen LogP contribution in [0.2, 0.25) is 0 Å². The van der Waals surface area contributed by atoms with Gasteiger partial charge in [0, 0.05) is 32.8 Å². The molecular weight excluding hydrogens is 556 g/mol. The molecule has 44 heavy (non-hydrogen) atoms.